The summed E-state index contributed by atoms with van der Waals surface area (Å²) in [6, 6.07) is 5.10. The van der Waals surface area contributed by atoms with Crippen molar-refractivity contribution in [2.45, 2.75) is 32.7 Å². The average Bonchev–Trinajstić information content (AvgIpc) is 3.28. The maximum Gasteiger partial charge on any atom is 0.273 e. The molecule has 0 unspecified atom stereocenters. The molecule has 1 aromatic carbocycles. The molecule has 1 N–H and O–H groups in total. The predicted octanol–water partition coefficient (Wildman–Crippen LogP) is 1.25. The Balaban J connectivity index is 1.90. The third kappa shape index (κ3) is 3.26. The molecule has 0 saturated heterocycles. The van der Waals surface area contributed by atoms with E-state index in [1.54, 1.807) is 32.0 Å². The molecule has 126 valence electrons. The second-order valence-electron chi connectivity index (χ2n) is 5.63. The number of nitrogens with one attached hydrogen (secondary N) is 1. The molecule has 0 bridgehead atoms. The van der Waals surface area contributed by atoms with Crippen LogP contribution in [-0.2, 0) is 0 Å². The highest BCUT2D eigenvalue weighted by Crippen LogP contribution is 2.24. The largest absolute Gasteiger partial charge is 0.858 e. The average molecular weight is 347 g/mol. The molecule has 7 nitrogen and oxygen atoms in total. The van der Waals surface area contributed by atoms with Crippen molar-refractivity contribution in [3.63, 3.8) is 0 Å². The summed E-state index contributed by atoms with van der Waals surface area (Å²) in [5.74, 6) is -0.545. The van der Waals surface area contributed by atoms with Crippen LogP contribution in [0.5, 0.6) is 0 Å². The SMILES string of the molecule is CCN=C([O-])c1ccc(-n2nnc(C(=O)NC3CC3)c2C)c(Cl)c1. The smallest absolute Gasteiger partial charge is 0.273 e. The van der Waals surface area contributed by atoms with E-state index in [4.69, 9.17) is 11.6 Å². The third-order valence-electron chi connectivity index (χ3n) is 3.75. The Morgan fingerprint density at radius 1 is 1.50 bits per heavy atom. The highest BCUT2D eigenvalue weighted by molar-refractivity contribution is 6.32. The number of aliphatic imine (C=N–C) groups is 1. The Morgan fingerprint density at radius 2 is 2.25 bits per heavy atom. The lowest BCUT2D eigenvalue weighted by molar-refractivity contribution is -0.213. The van der Waals surface area contributed by atoms with Crippen molar-refractivity contribution in [3.05, 3.63) is 40.2 Å². The molecule has 24 heavy (non-hydrogen) atoms. The molecule has 1 fully saturated rings. The molecule has 1 aromatic heterocycles. The molecule has 1 amide bonds. The molecule has 2 aromatic rings. The quantitative estimate of drug-likeness (QED) is 0.651. The first-order chi connectivity index (χ1) is 11.5. The molecule has 1 saturated carbocycles. The Kier molecular flexibility index (Phi) is 4.53. The Hall–Kier alpha value is -2.41. The number of hydrogen-bond donors (Lipinski definition) is 1. The van der Waals surface area contributed by atoms with Crippen LogP contribution in [0, 0.1) is 6.92 Å². The number of halogens is 1. The van der Waals surface area contributed by atoms with E-state index in [2.05, 4.69) is 20.6 Å². The van der Waals surface area contributed by atoms with Gasteiger partial charge in [-0.3, -0.25) is 4.79 Å². The minimum atomic E-state index is -0.314. The fraction of sp³-hybridized carbons (Fsp3) is 0.375. The Morgan fingerprint density at radius 3 is 2.88 bits per heavy atom. The lowest BCUT2D eigenvalue weighted by Gasteiger charge is -2.13. The van der Waals surface area contributed by atoms with E-state index < -0.39 is 0 Å². The second kappa shape index (κ2) is 6.60. The summed E-state index contributed by atoms with van der Waals surface area (Å²) in [7, 11) is 0. The zero-order valence-corrected chi connectivity index (χ0v) is 14.2. The highest BCUT2D eigenvalue weighted by Gasteiger charge is 2.26. The first kappa shape index (κ1) is 16.4. The van der Waals surface area contributed by atoms with Gasteiger partial charge in [0.25, 0.3) is 5.91 Å². The van der Waals surface area contributed by atoms with Gasteiger partial charge in [-0.1, -0.05) is 22.9 Å². The number of hydrogen-bond acceptors (Lipinski definition) is 5. The van der Waals surface area contributed by atoms with Crippen LogP contribution in [0.25, 0.3) is 5.69 Å². The summed E-state index contributed by atoms with van der Waals surface area (Å²) in [4.78, 5) is 16.0. The molecule has 1 aliphatic rings. The normalized spacial score (nSPS) is 14.7. The van der Waals surface area contributed by atoms with Gasteiger partial charge in [0.1, 0.15) is 0 Å². The summed E-state index contributed by atoms with van der Waals surface area (Å²) < 4.78 is 1.50. The van der Waals surface area contributed by atoms with Crippen molar-refractivity contribution in [2.24, 2.45) is 4.99 Å². The van der Waals surface area contributed by atoms with E-state index in [9.17, 15) is 9.90 Å². The molecule has 0 aliphatic heterocycles. The third-order valence-corrected chi connectivity index (χ3v) is 4.05. The number of carbonyl (C=O) groups excluding carboxylic acids is 1. The fourth-order valence-electron chi connectivity index (χ4n) is 2.30. The molecule has 3 rings (SSSR count). The lowest BCUT2D eigenvalue weighted by atomic mass is 10.2. The Bertz CT molecular complexity index is 811. The van der Waals surface area contributed by atoms with Crippen molar-refractivity contribution < 1.29 is 9.90 Å². The van der Waals surface area contributed by atoms with Crippen LogP contribution in [0.4, 0.5) is 0 Å². The van der Waals surface area contributed by atoms with E-state index >= 15 is 0 Å². The highest BCUT2D eigenvalue weighted by atomic mass is 35.5. The van der Waals surface area contributed by atoms with E-state index in [-0.39, 0.29) is 23.5 Å². The van der Waals surface area contributed by atoms with Crippen molar-refractivity contribution >= 4 is 23.4 Å². The van der Waals surface area contributed by atoms with Crippen LogP contribution in [0.15, 0.2) is 23.2 Å². The predicted molar refractivity (Wildman–Crippen MR) is 88.7 cm³/mol. The fourth-order valence-corrected chi connectivity index (χ4v) is 2.56. The number of aromatic nitrogens is 3. The first-order valence-electron chi connectivity index (χ1n) is 7.76. The first-order valence-corrected chi connectivity index (χ1v) is 8.14. The van der Waals surface area contributed by atoms with Gasteiger partial charge in [0, 0.05) is 12.6 Å². The van der Waals surface area contributed by atoms with Gasteiger partial charge in [0.05, 0.1) is 16.4 Å². The second-order valence-corrected chi connectivity index (χ2v) is 6.04. The van der Waals surface area contributed by atoms with E-state index in [1.165, 1.54) is 4.68 Å². The summed E-state index contributed by atoms with van der Waals surface area (Å²) in [5.41, 5.74) is 1.83. The molecular weight excluding hydrogens is 330 g/mol. The molecule has 8 heteroatoms. The minimum absolute atomic E-state index is 0.231. The van der Waals surface area contributed by atoms with Crippen molar-refractivity contribution in [1.29, 1.82) is 0 Å². The maximum absolute atomic E-state index is 12.1. The van der Waals surface area contributed by atoms with E-state index in [1.807, 2.05) is 0 Å². The van der Waals surface area contributed by atoms with Crippen molar-refractivity contribution in [2.75, 3.05) is 6.54 Å². The van der Waals surface area contributed by atoms with Crippen LogP contribution in [-0.4, -0.2) is 39.4 Å². The van der Waals surface area contributed by atoms with Gasteiger partial charge in [-0.2, -0.15) is 0 Å². The van der Waals surface area contributed by atoms with Crippen LogP contribution < -0.4 is 10.4 Å². The standard InChI is InChI=1S/C16H18ClN5O2/c1-3-18-15(23)10-4-7-13(12(17)8-10)22-9(2)14(20-21-22)16(24)19-11-5-6-11/h4,7-8,11H,3,5-6H2,1-2H3,(H,18,23)(H,19,24)/p-1. The van der Waals surface area contributed by atoms with Gasteiger partial charge in [-0.05, 0) is 50.3 Å². The molecule has 1 aliphatic carbocycles. The van der Waals surface area contributed by atoms with E-state index in [0.29, 0.717) is 28.5 Å². The van der Waals surface area contributed by atoms with Crippen LogP contribution in [0.2, 0.25) is 5.02 Å². The summed E-state index contributed by atoms with van der Waals surface area (Å²) in [6.07, 6.45) is 2.01. The van der Waals surface area contributed by atoms with E-state index in [0.717, 1.165) is 12.8 Å². The zero-order chi connectivity index (χ0) is 17.3. The number of nitrogens with zero attached hydrogens (tertiary/aromatic N) is 4. The van der Waals surface area contributed by atoms with Gasteiger partial charge >= 0.3 is 0 Å². The van der Waals surface area contributed by atoms with Gasteiger partial charge in [0.2, 0.25) is 0 Å². The van der Waals surface area contributed by atoms with Crippen molar-refractivity contribution in [3.8, 4) is 5.69 Å². The maximum atomic E-state index is 12.1. The van der Waals surface area contributed by atoms with Crippen molar-refractivity contribution in [1.82, 2.24) is 20.3 Å². The van der Waals surface area contributed by atoms with Crippen LogP contribution >= 0.6 is 11.6 Å². The van der Waals surface area contributed by atoms with Gasteiger partial charge in [0.15, 0.2) is 5.69 Å². The van der Waals surface area contributed by atoms with Gasteiger partial charge in [-0.25, -0.2) is 4.68 Å². The summed E-state index contributed by atoms with van der Waals surface area (Å²) in [6.45, 7) is 3.96. The zero-order valence-electron chi connectivity index (χ0n) is 13.4. The molecule has 0 radical (unpaired) electrons. The Labute approximate surface area is 144 Å². The van der Waals surface area contributed by atoms with Gasteiger partial charge in [-0.15, -0.1) is 5.10 Å². The number of benzene rings is 1. The monoisotopic (exact) mass is 346 g/mol. The number of rotatable bonds is 5. The molecule has 0 atom stereocenters. The number of carbonyl (C=O) groups is 1. The summed E-state index contributed by atoms with van der Waals surface area (Å²) in [5, 5.41) is 23.0. The van der Waals surface area contributed by atoms with Crippen LogP contribution in [0.1, 0.15) is 41.5 Å². The topological polar surface area (TPSA) is 95.2 Å². The molecule has 0 spiro atoms. The van der Waals surface area contributed by atoms with Crippen LogP contribution in [0.3, 0.4) is 0 Å². The number of amides is 1. The lowest BCUT2D eigenvalue weighted by Crippen LogP contribution is -2.26. The molecule has 1 heterocycles. The minimum Gasteiger partial charge on any atom is -0.858 e. The van der Waals surface area contributed by atoms with Gasteiger partial charge < -0.3 is 15.4 Å². The molecular formula is C16H17ClN5O2-. The summed E-state index contributed by atoms with van der Waals surface area (Å²) >= 11 is 6.28.